The van der Waals surface area contributed by atoms with E-state index in [-0.39, 0.29) is 19.1 Å². The zero-order valence-electron chi connectivity index (χ0n) is 12.8. The topological polar surface area (TPSA) is 61.6 Å². The van der Waals surface area contributed by atoms with Gasteiger partial charge in [-0.2, -0.15) is 0 Å². The first-order chi connectivity index (χ1) is 10.5. The SMILES string of the molecule is Cc1noc(C(C)C)c1C(=O)OCCOc1cccc(Br)c1. The molecule has 22 heavy (non-hydrogen) atoms. The van der Waals surface area contributed by atoms with Gasteiger partial charge in [-0.3, -0.25) is 0 Å². The molecule has 118 valence electrons. The molecular formula is C16H18BrNO4. The summed E-state index contributed by atoms with van der Waals surface area (Å²) in [6.07, 6.45) is 0. The van der Waals surface area contributed by atoms with Gasteiger partial charge in [0.25, 0.3) is 0 Å². The Labute approximate surface area is 137 Å². The summed E-state index contributed by atoms with van der Waals surface area (Å²) < 4.78 is 16.9. The van der Waals surface area contributed by atoms with Crippen molar-refractivity contribution in [3.8, 4) is 5.75 Å². The molecule has 1 aromatic carbocycles. The number of hydrogen-bond donors (Lipinski definition) is 0. The van der Waals surface area contributed by atoms with Crippen LogP contribution in [0.15, 0.2) is 33.3 Å². The molecule has 0 aliphatic heterocycles. The summed E-state index contributed by atoms with van der Waals surface area (Å²) >= 11 is 3.37. The molecule has 5 nitrogen and oxygen atoms in total. The predicted molar refractivity (Wildman–Crippen MR) is 85.2 cm³/mol. The summed E-state index contributed by atoms with van der Waals surface area (Å²) in [6.45, 7) is 6.04. The summed E-state index contributed by atoms with van der Waals surface area (Å²) in [6, 6.07) is 7.48. The van der Waals surface area contributed by atoms with Crippen LogP contribution >= 0.6 is 15.9 Å². The van der Waals surface area contributed by atoms with E-state index in [2.05, 4.69) is 21.1 Å². The fourth-order valence-electron chi connectivity index (χ4n) is 1.95. The summed E-state index contributed by atoms with van der Waals surface area (Å²) in [5, 5.41) is 3.83. The molecule has 0 saturated heterocycles. The zero-order valence-corrected chi connectivity index (χ0v) is 14.3. The predicted octanol–water partition coefficient (Wildman–Crippen LogP) is 4.10. The molecule has 0 aliphatic carbocycles. The molecule has 0 radical (unpaired) electrons. The van der Waals surface area contributed by atoms with Crippen molar-refractivity contribution in [2.45, 2.75) is 26.7 Å². The monoisotopic (exact) mass is 367 g/mol. The molecule has 0 fully saturated rings. The van der Waals surface area contributed by atoms with Crippen molar-refractivity contribution in [3.05, 3.63) is 45.8 Å². The Balaban J connectivity index is 1.87. The fraction of sp³-hybridized carbons (Fsp3) is 0.375. The molecule has 0 aliphatic rings. The number of halogens is 1. The molecule has 0 unspecified atom stereocenters. The lowest BCUT2D eigenvalue weighted by Crippen LogP contribution is -2.14. The molecule has 0 atom stereocenters. The molecular weight excluding hydrogens is 350 g/mol. The van der Waals surface area contributed by atoms with Crippen LogP contribution in [0.25, 0.3) is 0 Å². The number of aryl methyl sites for hydroxylation is 1. The van der Waals surface area contributed by atoms with Crippen LogP contribution < -0.4 is 4.74 Å². The van der Waals surface area contributed by atoms with Gasteiger partial charge < -0.3 is 14.0 Å². The van der Waals surface area contributed by atoms with Crippen molar-refractivity contribution in [2.75, 3.05) is 13.2 Å². The third kappa shape index (κ3) is 4.10. The molecule has 2 rings (SSSR count). The number of ether oxygens (including phenoxy) is 2. The lowest BCUT2D eigenvalue weighted by atomic mass is 10.1. The van der Waals surface area contributed by atoms with E-state index in [1.807, 2.05) is 38.1 Å². The summed E-state index contributed by atoms with van der Waals surface area (Å²) in [7, 11) is 0. The fourth-order valence-corrected chi connectivity index (χ4v) is 2.33. The second-order valence-electron chi connectivity index (χ2n) is 5.10. The standard InChI is InChI=1S/C16H18BrNO4/c1-10(2)15-14(11(3)18-22-15)16(19)21-8-7-20-13-6-4-5-12(17)9-13/h4-6,9-10H,7-8H2,1-3H3. The van der Waals surface area contributed by atoms with Crippen molar-refractivity contribution >= 4 is 21.9 Å². The minimum Gasteiger partial charge on any atom is -0.490 e. The van der Waals surface area contributed by atoms with E-state index in [1.54, 1.807) is 6.92 Å². The third-order valence-electron chi connectivity index (χ3n) is 3.00. The number of esters is 1. The van der Waals surface area contributed by atoms with E-state index in [9.17, 15) is 4.79 Å². The number of nitrogens with zero attached hydrogens (tertiary/aromatic N) is 1. The molecule has 0 amide bonds. The van der Waals surface area contributed by atoms with Gasteiger partial charge in [-0.1, -0.05) is 41.0 Å². The maximum absolute atomic E-state index is 12.1. The number of carbonyl (C=O) groups is 1. The maximum Gasteiger partial charge on any atom is 0.343 e. The first kappa shape index (κ1) is 16.5. The molecule has 0 bridgehead atoms. The average molecular weight is 368 g/mol. The highest BCUT2D eigenvalue weighted by Gasteiger charge is 2.23. The summed E-state index contributed by atoms with van der Waals surface area (Å²) in [4.78, 5) is 12.1. The largest absolute Gasteiger partial charge is 0.490 e. The van der Waals surface area contributed by atoms with Gasteiger partial charge in [0.2, 0.25) is 0 Å². The van der Waals surface area contributed by atoms with E-state index in [4.69, 9.17) is 14.0 Å². The number of hydrogen-bond acceptors (Lipinski definition) is 5. The van der Waals surface area contributed by atoms with E-state index < -0.39 is 5.97 Å². The average Bonchev–Trinajstić information content (AvgIpc) is 2.85. The van der Waals surface area contributed by atoms with Crippen molar-refractivity contribution in [3.63, 3.8) is 0 Å². The van der Waals surface area contributed by atoms with Gasteiger partial charge in [-0.25, -0.2) is 4.79 Å². The molecule has 1 heterocycles. The van der Waals surface area contributed by atoms with Gasteiger partial charge in [0.15, 0.2) is 5.76 Å². The van der Waals surface area contributed by atoms with Crippen LogP contribution in [0.3, 0.4) is 0 Å². The van der Waals surface area contributed by atoms with Gasteiger partial charge in [-0.05, 0) is 25.1 Å². The Bertz CT molecular complexity index is 651. The van der Waals surface area contributed by atoms with Gasteiger partial charge in [0.05, 0.1) is 5.69 Å². The van der Waals surface area contributed by atoms with Crippen molar-refractivity contribution in [1.82, 2.24) is 5.16 Å². The maximum atomic E-state index is 12.1. The minimum absolute atomic E-state index is 0.0710. The Hall–Kier alpha value is -1.82. The van der Waals surface area contributed by atoms with Crippen LogP contribution in [0.4, 0.5) is 0 Å². The van der Waals surface area contributed by atoms with Crippen molar-refractivity contribution < 1.29 is 18.8 Å². The number of benzene rings is 1. The highest BCUT2D eigenvalue weighted by Crippen LogP contribution is 2.23. The lowest BCUT2D eigenvalue weighted by molar-refractivity contribution is 0.0446. The molecule has 0 saturated carbocycles. The first-order valence-corrected chi connectivity index (χ1v) is 7.80. The number of rotatable bonds is 6. The highest BCUT2D eigenvalue weighted by atomic mass is 79.9. The second-order valence-corrected chi connectivity index (χ2v) is 6.02. The van der Waals surface area contributed by atoms with E-state index in [0.29, 0.717) is 17.0 Å². The molecule has 1 aromatic heterocycles. The molecule has 0 N–H and O–H groups in total. The van der Waals surface area contributed by atoms with Gasteiger partial charge in [0, 0.05) is 10.4 Å². The van der Waals surface area contributed by atoms with Crippen molar-refractivity contribution in [1.29, 1.82) is 0 Å². The molecule has 2 aromatic rings. The van der Waals surface area contributed by atoms with E-state index in [1.165, 1.54) is 0 Å². The van der Waals surface area contributed by atoms with Crippen LogP contribution in [0.2, 0.25) is 0 Å². The van der Waals surface area contributed by atoms with Gasteiger partial charge >= 0.3 is 5.97 Å². The van der Waals surface area contributed by atoms with Gasteiger partial charge in [0.1, 0.15) is 24.5 Å². The Morgan fingerprint density at radius 1 is 1.36 bits per heavy atom. The van der Waals surface area contributed by atoms with E-state index >= 15 is 0 Å². The van der Waals surface area contributed by atoms with Crippen LogP contribution in [0.1, 0.15) is 41.6 Å². The Kier molecular flexibility index (Phi) is 5.60. The highest BCUT2D eigenvalue weighted by molar-refractivity contribution is 9.10. The lowest BCUT2D eigenvalue weighted by Gasteiger charge is -2.08. The first-order valence-electron chi connectivity index (χ1n) is 7.00. The van der Waals surface area contributed by atoms with Crippen molar-refractivity contribution in [2.24, 2.45) is 0 Å². The van der Waals surface area contributed by atoms with Crippen LogP contribution in [-0.2, 0) is 4.74 Å². The normalized spacial score (nSPS) is 10.8. The van der Waals surface area contributed by atoms with Crippen LogP contribution in [-0.4, -0.2) is 24.3 Å². The molecule has 6 heteroatoms. The quantitative estimate of drug-likeness (QED) is 0.567. The minimum atomic E-state index is -0.430. The zero-order chi connectivity index (χ0) is 16.1. The summed E-state index contributed by atoms with van der Waals surface area (Å²) in [5.74, 6) is 0.909. The third-order valence-corrected chi connectivity index (χ3v) is 3.49. The van der Waals surface area contributed by atoms with Crippen LogP contribution in [0, 0.1) is 6.92 Å². The Morgan fingerprint density at radius 3 is 2.82 bits per heavy atom. The second kappa shape index (κ2) is 7.45. The van der Waals surface area contributed by atoms with E-state index in [0.717, 1.165) is 10.2 Å². The number of carbonyl (C=O) groups excluding carboxylic acids is 1. The van der Waals surface area contributed by atoms with Gasteiger partial charge in [-0.15, -0.1) is 0 Å². The Morgan fingerprint density at radius 2 is 2.14 bits per heavy atom. The number of aromatic nitrogens is 1. The molecule has 0 spiro atoms. The van der Waals surface area contributed by atoms with Crippen LogP contribution in [0.5, 0.6) is 5.75 Å². The summed E-state index contributed by atoms with van der Waals surface area (Å²) in [5.41, 5.74) is 0.957. The smallest absolute Gasteiger partial charge is 0.343 e.